The summed E-state index contributed by atoms with van der Waals surface area (Å²) in [7, 11) is 0. The molecule has 3 aromatic rings. The van der Waals surface area contributed by atoms with E-state index in [2.05, 4.69) is 15.6 Å². The van der Waals surface area contributed by atoms with Gasteiger partial charge < -0.3 is 20.1 Å². The molecule has 1 aliphatic carbocycles. The van der Waals surface area contributed by atoms with Gasteiger partial charge in [0.25, 0.3) is 0 Å². The third-order valence-electron chi connectivity index (χ3n) is 6.38. The van der Waals surface area contributed by atoms with E-state index < -0.39 is 17.9 Å². The molecule has 0 radical (unpaired) electrons. The molecule has 0 saturated heterocycles. The second-order valence-corrected chi connectivity index (χ2v) is 9.25. The summed E-state index contributed by atoms with van der Waals surface area (Å²) in [6.45, 7) is 0. The van der Waals surface area contributed by atoms with Crippen LogP contribution in [0.25, 0.3) is 0 Å². The lowest BCUT2D eigenvalue weighted by molar-refractivity contribution is -0.287. The van der Waals surface area contributed by atoms with Gasteiger partial charge in [0.05, 0.1) is 10.7 Å². The van der Waals surface area contributed by atoms with E-state index in [4.69, 9.17) is 21.1 Å². The van der Waals surface area contributed by atoms with Crippen LogP contribution in [0.1, 0.15) is 42.5 Å². The fourth-order valence-electron chi connectivity index (χ4n) is 4.82. The van der Waals surface area contributed by atoms with Gasteiger partial charge in [-0.3, -0.25) is 4.98 Å². The Morgan fingerprint density at radius 3 is 2.54 bits per heavy atom. The van der Waals surface area contributed by atoms with E-state index >= 15 is 0 Å². The molecular weight excluding hydrogens is 476 g/mol. The molecule has 9 heteroatoms. The highest BCUT2D eigenvalue weighted by atomic mass is 35.5. The molecule has 6 nitrogen and oxygen atoms in total. The van der Waals surface area contributed by atoms with Crippen LogP contribution in [-0.4, -0.2) is 23.4 Å². The molecule has 0 bridgehead atoms. The predicted molar refractivity (Wildman–Crippen MR) is 127 cm³/mol. The summed E-state index contributed by atoms with van der Waals surface area (Å²) in [5.74, 6) is -0.261. The number of fused-ring (bicyclic) bond motifs is 1. The first-order valence-electron chi connectivity index (χ1n) is 11.5. The lowest BCUT2D eigenvalue weighted by atomic mass is 9.80. The van der Waals surface area contributed by atoms with Crippen molar-refractivity contribution in [3.63, 3.8) is 0 Å². The van der Waals surface area contributed by atoms with Gasteiger partial charge in [0.1, 0.15) is 5.54 Å². The smallest absolute Gasteiger partial charge is 0.395 e. The van der Waals surface area contributed by atoms with Crippen molar-refractivity contribution in [2.24, 2.45) is 0 Å². The molecule has 2 aromatic carbocycles. The molecule has 2 heterocycles. The Bertz CT molecular complexity index is 1200. The minimum Gasteiger partial charge on any atom is -0.395 e. The van der Waals surface area contributed by atoms with Crippen LogP contribution in [0, 0.1) is 0 Å². The summed E-state index contributed by atoms with van der Waals surface area (Å²) in [6, 6.07) is 17.0. The second-order valence-electron chi connectivity index (χ2n) is 8.81. The maximum Gasteiger partial charge on any atom is 0.586 e. The van der Waals surface area contributed by atoms with E-state index in [0.717, 1.165) is 31.2 Å². The van der Waals surface area contributed by atoms with Crippen LogP contribution in [-0.2, 0) is 12.0 Å². The Morgan fingerprint density at radius 2 is 1.83 bits per heavy atom. The van der Waals surface area contributed by atoms with Gasteiger partial charge in [-0.15, -0.1) is 8.78 Å². The number of benzene rings is 2. The van der Waals surface area contributed by atoms with Gasteiger partial charge >= 0.3 is 12.3 Å². The SMILES string of the molecule is O=C(NC1CCCC1)NC(Cc1ccccc1)(c1ccc(Cl)cn1)c1cccc2c1OC(F)(F)O2. The number of aromatic nitrogens is 1. The van der Waals surface area contributed by atoms with Crippen molar-refractivity contribution in [2.45, 2.75) is 50.0 Å². The van der Waals surface area contributed by atoms with Gasteiger partial charge in [0, 0.05) is 24.2 Å². The maximum atomic E-state index is 14.1. The fourth-order valence-corrected chi connectivity index (χ4v) is 4.93. The summed E-state index contributed by atoms with van der Waals surface area (Å²) >= 11 is 6.11. The number of para-hydroxylation sites is 1. The third kappa shape index (κ3) is 4.89. The molecule has 1 atom stereocenters. The highest BCUT2D eigenvalue weighted by Gasteiger charge is 2.49. The summed E-state index contributed by atoms with van der Waals surface area (Å²) in [4.78, 5) is 17.9. The van der Waals surface area contributed by atoms with E-state index in [0.29, 0.717) is 16.3 Å². The number of hydrogen-bond acceptors (Lipinski definition) is 4. The first-order valence-corrected chi connectivity index (χ1v) is 11.9. The number of hydrogen-bond donors (Lipinski definition) is 2. The fraction of sp³-hybridized carbons (Fsp3) is 0.308. The molecule has 1 saturated carbocycles. The van der Waals surface area contributed by atoms with Gasteiger partial charge in [0.2, 0.25) is 0 Å². The molecule has 1 unspecified atom stereocenters. The van der Waals surface area contributed by atoms with Crippen LogP contribution in [0.3, 0.4) is 0 Å². The van der Waals surface area contributed by atoms with Crippen LogP contribution in [0.5, 0.6) is 11.5 Å². The van der Waals surface area contributed by atoms with Crippen LogP contribution >= 0.6 is 11.6 Å². The predicted octanol–water partition coefficient (Wildman–Crippen LogP) is 5.78. The number of alkyl halides is 2. The average molecular weight is 500 g/mol. The Kier molecular flexibility index (Phi) is 6.23. The maximum absolute atomic E-state index is 14.1. The zero-order valence-electron chi connectivity index (χ0n) is 18.8. The van der Waals surface area contributed by atoms with Gasteiger partial charge in [-0.05, 0) is 36.6 Å². The molecule has 2 N–H and O–H groups in total. The van der Waals surface area contributed by atoms with Gasteiger partial charge in [-0.2, -0.15) is 0 Å². The van der Waals surface area contributed by atoms with Crippen LogP contribution in [0.15, 0.2) is 66.9 Å². The minimum absolute atomic E-state index is 0.0491. The van der Waals surface area contributed by atoms with Gasteiger partial charge in [-0.25, -0.2) is 4.79 Å². The quantitative estimate of drug-likeness (QED) is 0.450. The van der Waals surface area contributed by atoms with E-state index in [1.807, 2.05) is 30.3 Å². The summed E-state index contributed by atoms with van der Waals surface area (Å²) < 4.78 is 38.0. The molecule has 1 aliphatic heterocycles. The van der Waals surface area contributed by atoms with E-state index in [1.54, 1.807) is 24.3 Å². The highest BCUT2D eigenvalue weighted by molar-refractivity contribution is 6.30. The minimum atomic E-state index is -3.82. The standard InChI is InChI=1S/C26H24ClF2N3O3/c27-18-13-14-22(30-16-18)25(15-17-7-2-1-3-8-17,32-24(33)31-19-9-4-5-10-19)20-11-6-12-21-23(20)35-26(28,29)34-21/h1-3,6-8,11-14,16,19H,4-5,9-10,15H2,(H2,31,32,33). The van der Waals surface area contributed by atoms with Gasteiger partial charge in [-0.1, -0.05) is 66.9 Å². The molecule has 2 aliphatic rings. The number of carbonyl (C=O) groups excluding carboxylic acids is 1. The topological polar surface area (TPSA) is 72.5 Å². The third-order valence-corrected chi connectivity index (χ3v) is 6.61. The normalized spacial score (nSPS) is 18.1. The number of urea groups is 1. The Balaban J connectivity index is 1.66. The van der Waals surface area contributed by atoms with E-state index in [-0.39, 0.29) is 24.0 Å². The number of nitrogens with zero attached hydrogens (tertiary/aromatic N) is 1. The number of carbonyl (C=O) groups is 1. The van der Waals surface area contributed by atoms with Crippen molar-refractivity contribution < 1.29 is 23.0 Å². The van der Waals surface area contributed by atoms with Crippen molar-refractivity contribution in [1.29, 1.82) is 0 Å². The molecule has 1 aromatic heterocycles. The molecule has 0 spiro atoms. The number of ether oxygens (including phenoxy) is 2. The Hall–Kier alpha value is -3.39. The lowest BCUT2D eigenvalue weighted by Crippen LogP contribution is -2.54. The molecule has 1 fully saturated rings. The van der Waals surface area contributed by atoms with Crippen molar-refractivity contribution in [3.05, 3.63) is 88.7 Å². The lowest BCUT2D eigenvalue weighted by Gasteiger charge is -2.36. The number of rotatable bonds is 6. The second kappa shape index (κ2) is 9.34. The van der Waals surface area contributed by atoms with Crippen molar-refractivity contribution in [2.75, 3.05) is 0 Å². The summed E-state index contributed by atoms with van der Waals surface area (Å²) in [6.07, 6.45) is 1.73. The summed E-state index contributed by atoms with van der Waals surface area (Å²) in [5.41, 5.74) is 0.199. The van der Waals surface area contributed by atoms with Crippen molar-refractivity contribution in [1.82, 2.24) is 15.6 Å². The number of nitrogens with one attached hydrogen (secondary N) is 2. The summed E-state index contributed by atoms with van der Waals surface area (Å²) in [5, 5.41) is 6.51. The number of amides is 2. The first-order chi connectivity index (χ1) is 16.8. The Labute approximate surface area is 206 Å². The van der Waals surface area contributed by atoms with E-state index in [1.165, 1.54) is 12.3 Å². The molecule has 5 rings (SSSR count). The van der Waals surface area contributed by atoms with Crippen LogP contribution in [0.2, 0.25) is 5.02 Å². The molecular formula is C26H24ClF2N3O3. The van der Waals surface area contributed by atoms with Crippen molar-refractivity contribution >= 4 is 17.6 Å². The molecule has 182 valence electrons. The zero-order valence-corrected chi connectivity index (χ0v) is 19.5. The number of pyridine rings is 1. The van der Waals surface area contributed by atoms with E-state index in [9.17, 15) is 13.6 Å². The molecule has 2 amide bonds. The van der Waals surface area contributed by atoms with Crippen LogP contribution in [0.4, 0.5) is 13.6 Å². The van der Waals surface area contributed by atoms with Crippen molar-refractivity contribution in [3.8, 4) is 11.5 Å². The highest BCUT2D eigenvalue weighted by Crippen LogP contribution is 2.48. The monoisotopic (exact) mass is 499 g/mol. The van der Waals surface area contributed by atoms with Crippen LogP contribution < -0.4 is 20.1 Å². The Morgan fingerprint density at radius 1 is 1.06 bits per heavy atom. The molecule has 35 heavy (non-hydrogen) atoms. The van der Waals surface area contributed by atoms with Gasteiger partial charge in [0.15, 0.2) is 11.5 Å². The number of halogens is 3. The zero-order chi connectivity index (χ0) is 24.5. The first kappa shape index (κ1) is 23.4. The average Bonchev–Trinajstić information content (AvgIpc) is 3.45. The largest absolute Gasteiger partial charge is 0.586 e.